The van der Waals surface area contributed by atoms with E-state index < -0.39 is 0 Å². The van der Waals surface area contributed by atoms with E-state index >= 15 is 0 Å². The van der Waals surface area contributed by atoms with Gasteiger partial charge in [0.05, 0.1) is 10.4 Å². The summed E-state index contributed by atoms with van der Waals surface area (Å²) < 4.78 is 2.54. The van der Waals surface area contributed by atoms with Crippen molar-refractivity contribution in [1.82, 2.24) is 0 Å². The Kier molecular flexibility index (Phi) is 9.11. The van der Waals surface area contributed by atoms with Gasteiger partial charge in [-0.1, -0.05) is 194 Å². The zero-order valence-electron chi connectivity index (χ0n) is 32.9. The van der Waals surface area contributed by atoms with Crippen LogP contribution in [-0.2, 0) is 0 Å². The number of anilines is 3. The topological polar surface area (TPSA) is 3.24 Å². The van der Waals surface area contributed by atoms with Crippen molar-refractivity contribution in [1.29, 1.82) is 0 Å². The molecule has 0 amide bonds. The summed E-state index contributed by atoms with van der Waals surface area (Å²) in [6.07, 6.45) is 0. The van der Waals surface area contributed by atoms with Gasteiger partial charge in [0.15, 0.2) is 0 Å². The molecule has 282 valence electrons. The molecule has 0 saturated heterocycles. The van der Waals surface area contributed by atoms with E-state index in [4.69, 9.17) is 0 Å². The van der Waals surface area contributed by atoms with Crippen molar-refractivity contribution in [3.8, 4) is 55.6 Å². The van der Waals surface area contributed by atoms with E-state index in [9.17, 15) is 0 Å². The van der Waals surface area contributed by atoms with Crippen molar-refractivity contribution in [3.63, 3.8) is 0 Å². The fourth-order valence-corrected chi connectivity index (χ4v) is 10.1. The highest BCUT2D eigenvalue weighted by Crippen LogP contribution is 2.49. The molecule has 60 heavy (non-hydrogen) atoms. The Morgan fingerprint density at radius 3 is 1.50 bits per heavy atom. The maximum Gasteiger partial charge on any atom is 0.0640 e. The molecule has 1 heterocycles. The van der Waals surface area contributed by atoms with Crippen LogP contribution < -0.4 is 4.90 Å². The van der Waals surface area contributed by atoms with Gasteiger partial charge in [-0.15, -0.1) is 11.3 Å². The maximum absolute atomic E-state index is 2.46. The third-order valence-corrected chi connectivity index (χ3v) is 12.9. The van der Waals surface area contributed by atoms with Gasteiger partial charge in [0, 0.05) is 32.4 Å². The number of benzene rings is 10. The molecule has 0 saturated carbocycles. The minimum absolute atomic E-state index is 1.10. The molecule has 2 heteroatoms. The molecule has 0 atom stereocenters. The summed E-state index contributed by atoms with van der Waals surface area (Å²) in [5.41, 5.74) is 15.5. The predicted molar refractivity (Wildman–Crippen MR) is 259 cm³/mol. The van der Waals surface area contributed by atoms with Gasteiger partial charge in [-0.25, -0.2) is 0 Å². The van der Waals surface area contributed by atoms with Gasteiger partial charge in [0.2, 0.25) is 0 Å². The quantitative estimate of drug-likeness (QED) is 0.148. The van der Waals surface area contributed by atoms with Crippen LogP contribution in [0.2, 0.25) is 0 Å². The first-order valence-corrected chi connectivity index (χ1v) is 21.3. The number of thiophene rings is 1. The molecule has 11 aromatic rings. The van der Waals surface area contributed by atoms with E-state index in [1.807, 2.05) is 11.3 Å². The average molecular weight is 782 g/mol. The largest absolute Gasteiger partial charge is 0.309 e. The van der Waals surface area contributed by atoms with Gasteiger partial charge in [0.25, 0.3) is 0 Å². The SMILES string of the molecule is c1ccc(-c2cc(-c3ccccc3)c3sc4c(N(c5ccc(-c6cccc7ccccc67)cc5)c5ccc(-c6ccccc6)c(-c6ccccc6)c5)cccc4c3c2)cc1. The van der Waals surface area contributed by atoms with Crippen molar-refractivity contribution in [2.45, 2.75) is 0 Å². The van der Waals surface area contributed by atoms with Crippen LogP contribution in [0.4, 0.5) is 17.1 Å². The van der Waals surface area contributed by atoms with E-state index in [0.717, 1.165) is 17.1 Å². The number of hydrogen-bond acceptors (Lipinski definition) is 2. The summed E-state index contributed by atoms with van der Waals surface area (Å²) >= 11 is 1.89. The van der Waals surface area contributed by atoms with Crippen molar-refractivity contribution in [2.24, 2.45) is 0 Å². The average Bonchev–Trinajstić information content (AvgIpc) is 3.72. The highest BCUT2D eigenvalue weighted by molar-refractivity contribution is 7.27. The lowest BCUT2D eigenvalue weighted by atomic mass is 9.93. The maximum atomic E-state index is 2.46. The molecule has 0 aliphatic carbocycles. The molecule has 0 aliphatic rings. The molecule has 1 aromatic heterocycles. The van der Waals surface area contributed by atoms with Crippen molar-refractivity contribution < 1.29 is 0 Å². The van der Waals surface area contributed by atoms with Crippen LogP contribution in [0, 0.1) is 0 Å². The van der Waals surface area contributed by atoms with Gasteiger partial charge >= 0.3 is 0 Å². The number of nitrogens with zero attached hydrogens (tertiary/aromatic N) is 1. The Bertz CT molecular complexity index is 3270. The zero-order chi connectivity index (χ0) is 39.8. The number of fused-ring (bicyclic) bond motifs is 4. The summed E-state index contributed by atoms with van der Waals surface area (Å²) in [7, 11) is 0. The van der Waals surface area contributed by atoms with Gasteiger partial charge in [-0.3, -0.25) is 0 Å². The van der Waals surface area contributed by atoms with Crippen LogP contribution in [0.3, 0.4) is 0 Å². The number of rotatable bonds is 8. The molecule has 0 fully saturated rings. The number of hydrogen-bond donors (Lipinski definition) is 0. The highest BCUT2D eigenvalue weighted by atomic mass is 32.1. The van der Waals surface area contributed by atoms with Gasteiger partial charge < -0.3 is 4.90 Å². The van der Waals surface area contributed by atoms with Gasteiger partial charge in [-0.2, -0.15) is 0 Å². The second-order valence-electron chi connectivity index (χ2n) is 15.3. The minimum atomic E-state index is 1.10. The first-order chi connectivity index (χ1) is 29.8. The molecule has 0 radical (unpaired) electrons. The lowest BCUT2D eigenvalue weighted by Gasteiger charge is -2.27. The highest BCUT2D eigenvalue weighted by Gasteiger charge is 2.22. The summed E-state index contributed by atoms with van der Waals surface area (Å²) in [5.74, 6) is 0. The van der Waals surface area contributed by atoms with Crippen molar-refractivity contribution in [2.75, 3.05) is 4.90 Å². The molecule has 0 unspecified atom stereocenters. The van der Waals surface area contributed by atoms with E-state index in [2.05, 4.69) is 241 Å². The molecular formula is C58H39NS. The smallest absolute Gasteiger partial charge is 0.0640 e. The first-order valence-electron chi connectivity index (χ1n) is 20.5. The van der Waals surface area contributed by atoms with Crippen LogP contribution in [0.1, 0.15) is 0 Å². The third kappa shape index (κ3) is 6.44. The Labute approximate surface area is 354 Å². The van der Waals surface area contributed by atoms with Crippen molar-refractivity contribution in [3.05, 3.63) is 237 Å². The lowest BCUT2D eigenvalue weighted by Crippen LogP contribution is -2.10. The van der Waals surface area contributed by atoms with Crippen LogP contribution in [0.25, 0.3) is 86.6 Å². The van der Waals surface area contributed by atoms with E-state index in [1.165, 1.54) is 86.6 Å². The fourth-order valence-electron chi connectivity index (χ4n) is 8.78. The molecular weight excluding hydrogens is 743 g/mol. The first kappa shape index (κ1) is 35.6. The Morgan fingerprint density at radius 1 is 0.267 bits per heavy atom. The summed E-state index contributed by atoms with van der Waals surface area (Å²) in [5, 5.41) is 5.03. The van der Waals surface area contributed by atoms with Crippen LogP contribution in [0.5, 0.6) is 0 Å². The second kappa shape index (κ2) is 15.3. The third-order valence-electron chi connectivity index (χ3n) is 11.7. The van der Waals surface area contributed by atoms with Crippen molar-refractivity contribution >= 4 is 59.3 Å². The standard InChI is InChI=1S/C58H39NS/c1-5-17-40(18-6-1)46-37-54(44-23-11-4-12-24-44)57-55(38-46)52-29-16-30-56(58(52)60-57)59(47-33-31-45(32-34-47)50-28-15-26-42-25-13-14-27-49(42)50)48-35-36-51(41-19-7-2-8-20-41)53(39-48)43-21-9-3-10-22-43/h1-39H. The molecule has 0 aliphatic heterocycles. The summed E-state index contributed by atoms with van der Waals surface area (Å²) in [6, 6.07) is 86.1. The summed E-state index contributed by atoms with van der Waals surface area (Å²) in [6.45, 7) is 0. The Balaban J connectivity index is 1.15. The predicted octanol–water partition coefficient (Wildman–Crippen LogP) is 17.0. The van der Waals surface area contributed by atoms with E-state index in [1.54, 1.807) is 0 Å². The fraction of sp³-hybridized carbons (Fsp3) is 0. The van der Waals surface area contributed by atoms with E-state index in [-0.39, 0.29) is 0 Å². The zero-order valence-corrected chi connectivity index (χ0v) is 33.7. The second-order valence-corrected chi connectivity index (χ2v) is 16.3. The van der Waals surface area contributed by atoms with E-state index in [0.29, 0.717) is 0 Å². The van der Waals surface area contributed by atoms with Gasteiger partial charge in [0.1, 0.15) is 0 Å². The molecule has 0 bridgehead atoms. The van der Waals surface area contributed by atoms with Crippen LogP contribution in [0.15, 0.2) is 237 Å². The molecule has 0 N–H and O–H groups in total. The minimum Gasteiger partial charge on any atom is -0.309 e. The Morgan fingerprint density at radius 2 is 0.800 bits per heavy atom. The Hall–Kier alpha value is -7.52. The van der Waals surface area contributed by atoms with Crippen LogP contribution >= 0.6 is 11.3 Å². The normalized spacial score (nSPS) is 11.3. The monoisotopic (exact) mass is 781 g/mol. The molecule has 0 spiro atoms. The summed E-state index contributed by atoms with van der Waals surface area (Å²) in [4.78, 5) is 2.46. The molecule has 1 nitrogen and oxygen atoms in total. The molecule has 11 rings (SSSR count). The van der Waals surface area contributed by atoms with Gasteiger partial charge in [-0.05, 0) is 103 Å². The molecule has 10 aromatic carbocycles. The van der Waals surface area contributed by atoms with Crippen LogP contribution in [-0.4, -0.2) is 0 Å². The lowest BCUT2D eigenvalue weighted by molar-refractivity contribution is 1.30.